The molecule has 1 amide bonds. The highest BCUT2D eigenvalue weighted by Gasteiger charge is 2.32. The molecule has 2 aromatic carbocycles. The molecular formula is C24H24N2O3S. The van der Waals surface area contributed by atoms with Crippen LogP contribution in [0.5, 0.6) is 0 Å². The topological polar surface area (TPSA) is 60.9 Å². The molecule has 154 valence electrons. The highest BCUT2D eigenvalue weighted by atomic mass is 32.1. The molecule has 2 aliphatic rings. The minimum atomic E-state index is -0.861. The van der Waals surface area contributed by atoms with Crippen molar-refractivity contribution >= 4 is 39.0 Å². The number of fused-ring (bicyclic) bond motifs is 2. The van der Waals surface area contributed by atoms with Gasteiger partial charge < -0.3 is 10.0 Å². The molecule has 3 heterocycles. The minimum absolute atomic E-state index is 0.139. The predicted molar refractivity (Wildman–Crippen MR) is 120 cm³/mol. The smallest absolute Gasteiger partial charge is 0.346 e. The van der Waals surface area contributed by atoms with E-state index in [2.05, 4.69) is 11.0 Å². The Bertz CT molecular complexity index is 1120. The summed E-state index contributed by atoms with van der Waals surface area (Å²) in [4.78, 5) is 29.5. The number of amides is 1. The van der Waals surface area contributed by atoms with E-state index in [1.807, 2.05) is 47.4 Å². The summed E-state index contributed by atoms with van der Waals surface area (Å²) in [5.74, 6) is -0.721. The number of carboxylic acids is 1. The van der Waals surface area contributed by atoms with E-state index in [1.54, 1.807) is 0 Å². The number of nitrogens with zero attached hydrogens (tertiary/aromatic N) is 2. The number of rotatable bonds is 5. The van der Waals surface area contributed by atoms with E-state index in [9.17, 15) is 14.7 Å². The zero-order valence-corrected chi connectivity index (χ0v) is 17.5. The van der Waals surface area contributed by atoms with E-state index in [0.717, 1.165) is 53.7 Å². The van der Waals surface area contributed by atoms with Crippen molar-refractivity contribution in [3.05, 3.63) is 64.5 Å². The number of carbonyl (C=O) groups excluding carboxylic acids is 1. The Morgan fingerprint density at radius 3 is 2.73 bits per heavy atom. The molecule has 2 aliphatic heterocycles. The van der Waals surface area contributed by atoms with E-state index in [0.29, 0.717) is 17.8 Å². The number of likely N-dealkylation sites (tertiary alicyclic amines) is 1. The van der Waals surface area contributed by atoms with Crippen LogP contribution in [0, 0.1) is 0 Å². The van der Waals surface area contributed by atoms with Crippen molar-refractivity contribution in [1.82, 2.24) is 4.90 Å². The molecule has 30 heavy (non-hydrogen) atoms. The molecule has 1 saturated heterocycles. The number of aromatic carboxylic acids is 1. The van der Waals surface area contributed by atoms with Gasteiger partial charge in [0, 0.05) is 23.0 Å². The van der Waals surface area contributed by atoms with Crippen molar-refractivity contribution in [3.8, 4) is 0 Å². The van der Waals surface area contributed by atoms with Gasteiger partial charge in [-0.05, 0) is 60.9 Å². The summed E-state index contributed by atoms with van der Waals surface area (Å²) in [7, 11) is 0. The van der Waals surface area contributed by atoms with Gasteiger partial charge in [-0.1, -0.05) is 36.4 Å². The molecule has 0 unspecified atom stereocenters. The molecule has 0 bridgehead atoms. The molecule has 1 atom stereocenters. The SMILES string of the molecule is O=C(O)c1sc2ccccc2c1C[C@@H]1CCCN1CC(=O)N1CCc2ccccc21. The average molecular weight is 421 g/mol. The predicted octanol–water partition coefficient (Wildman–Crippen LogP) is 4.20. The van der Waals surface area contributed by atoms with Crippen LogP contribution in [0.2, 0.25) is 0 Å². The van der Waals surface area contributed by atoms with Crippen LogP contribution in [0.4, 0.5) is 5.69 Å². The molecule has 0 radical (unpaired) electrons. The van der Waals surface area contributed by atoms with Gasteiger partial charge in [0.1, 0.15) is 4.88 Å². The Hall–Kier alpha value is -2.70. The van der Waals surface area contributed by atoms with Crippen LogP contribution in [-0.4, -0.2) is 47.6 Å². The third kappa shape index (κ3) is 3.40. The lowest BCUT2D eigenvalue weighted by molar-refractivity contribution is -0.119. The van der Waals surface area contributed by atoms with Crippen molar-refractivity contribution in [2.75, 3.05) is 24.5 Å². The van der Waals surface area contributed by atoms with E-state index in [4.69, 9.17) is 0 Å². The number of benzene rings is 2. The van der Waals surface area contributed by atoms with Crippen LogP contribution in [0.3, 0.4) is 0 Å². The number of hydrogen-bond donors (Lipinski definition) is 1. The van der Waals surface area contributed by atoms with Gasteiger partial charge in [-0.25, -0.2) is 4.79 Å². The molecule has 0 spiro atoms. The first kappa shape index (κ1) is 19.3. The monoisotopic (exact) mass is 420 g/mol. The van der Waals surface area contributed by atoms with Crippen LogP contribution < -0.4 is 4.90 Å². The molecule has 6 heteroatoms. The third-order valence-electron chi connectivity index (χ3n) is 6.36. The average Bonchev–Trinajstić information content (AvgIpc) is 3.46. The summed E-state index contributed by atoms with van der Waals surface area (Å²) in [5.41, 5.74) is 3.19. The molecule has 1 aromatic heterocycles. The third-order valence-corrected chi connectivity index (χ3v) is 7.56. The van der Waals surface area contributed by atoms with Crippen molar-refractivity contribution in [2.24, 2.45) is 0 Å². The van der Waals surface area contributed by atoms with E-state index in [-0.39, 0.29) is 11.9 Å². The van der Waals surface area contributed by atoms with Crippen LogP contribution in [-0.2, 0) is 17.6 Å². The second-order valence-corrected chi connectivity index (χ2v) is 9.16. The Morgan fingerprint density at radius 1 is 1.07 bits per heavy atom. The van der Waals surface area contributed by atoms with E-state index < -0.39 is 5.97 Å². The van der Waals surface area contributed by atoms with Crippen LogP contribution in [0.25, 0.3) is 10.1 Å². The Balaban J connectivity index is 1.36. The van der Waals surface area contributed by atoms with Crippen molar-refractivity contribution in [3.63, 3.8) is 0 Å². The van der Waals surface area contributed by atoms with Gasteiger partial charge in [0.25, 0.3) is 0 Å². The van der Waals surface area contributed by atoms with Crippen molar-refractivity contribution in [2.45, 2.75) is 31.7 Å². The summed E-state index contributed by atoms with van der Waals surface area (Å²) >= 11 is 1.35. The van der Waals surface area contributed by atoms with Gasteiger partial charge in [-0.15, -0.1) is 11.3 Å². The first-order valence-electron chi connectivity index (χ1n) is 10.5. The first-order valence-corrected chi connectivity index (χ1v) is 11.3. The highest BCUT2D eigenvalue weighted by molar-refractivity contribution is 7.21. The second kappa shape index (κ2) is 7.85. The summed E-state index contributed by atoms with van der Waals surface area (Å²) in [6.07, 6.45) is 3.62. The number of hydrogen-bond acceptors (Lipinski definition) is 4. The number of carbonyl (C=O) groups is 2. The Kier molecular flexibility index (Phi) is 5.05. The zero-order valence-electron chi connectivity index (χ0n) is 16.7. The fourth-order valence-corrected chi connectivity index (χ4v) is 5.97. The first-order chi connectivity index (χ1) is 14.6. The standard InChI is InChI=1S/C24H24N2O3S/c27-22(26-13-11-16-6-1-3-9-20(16)26)15-25-12-5-7-17(25)14-19-18-8-2-4-10-21(18)30-23(19)24(28)29/h1-4,6,8-10,17H,5,7,11-15H2,(H,28,29)/t17-/m0/s1. The van der Waals surface area contributed by atoms with Gasteiger partial charge in [0.15, 0.2) is 0 Å². The van der Waals surface area contributed by atoms with Gasteiger partial charge in [-0.3, -0.25) is 9.69 Å². The van der Waals surface area contributed by atoms with Crippen molar-refractivity contribution in [1.29, 1.82) is 0 Å². The Morgan fingerprint density at radius 2 is 1.87 bits per heavy atom. The van der Waals surface area contributed by atoms with Crippen molar-refractivity contribution < 1.29 is 14.7 Å². The van der Waals surface area contributed by atoms with Gasteiger partial charge in [-0.2, -0.15) is 0 Å². The number of carboxylic acid groups (broad SMARTS) is 1. The normalized spacial score (nSPS) is 18.8. The summed E-state index contributed by atoms with van der Waals surface area (Å²) < 4.78 is 1.01. The molecule has 1 N–H and O–H groups in total. The lowest BCUT2D eigenvalue weighted by atomic mass is 10.0. The van der Waals surface area contributed by atoms with Gasteiger partial charge in [0.2, 0.25) is 5.91 Å². The van der Waals surface area contributed by atoms with E-state index in [1.165, 1.54) is 16.9 Å². The molecule has 0 aliphatic carbocycles. The fourth-order valence-electron chi connectivity index (χ4n) is 4.90. The Labute approximate surface area is 179 Å². The maximum atomic E-state index is 13.1. The summed E-state index contributed by atoms with van der Waals surface area (Å²) in [5, 5.41) is 10.8. The van der Waals surface area contributed by atoms with Crippen LogP contribution in [0.1, 0.15) is 33.6 Å². The maximum Gasteiger partial charge on any atom is 0.346 e. The number of anilines is 1. The lowest BCUT2D eigenvalue weighted by Crippen LogP contribution is -2.42. The molecule has 5 nitrogen and oxygen atoms in total. The second-order valence-electron chi connectivity index (χ2n) is 8.11. The quantitative estimate of drug-likeness (QED) is 0.672. The minimum Gasteiger partial charge on any atom is -0.477 e. The van der Waals surface area contributed by atoms with Crippen LogP contribution in [0.15, 0.2) is 48.5 Å². The van der Waals surface area contributed by atoms with E-state index >= 15 is 0 Å². The zero-order chi connectivity index (χ0) is 20.7. The molecule has 3 aromatic rings. The maximum absolute atomic E-state index is 13.1. The fraction of sp³-hybridized carbons (Fsp3) is 0.333. The molecule has 5 rings (SSSR count). The summed E-state index contributed by atoms with van der Waals surface area (Å²) in [6.45, 7) is 2.02. The summed E-state index contributed by atoms with van der Waals surface area (Å²) in [6, 6.07) is 16.2. The van der Waals surface area contributed by atoms with Crippen LogP contribution >= 0.6 is 11.3 Å². The lowest BCUT2D eigenvalue weighted by Gasteiger charge is -2.27. The molecule has 0 saturated carbocycles. The highest BCUT2D eigenvalue weighted by Crippen LogP contribution is 2.35. The number of thiophene rings is 1. The number of para-hydroxylation sites is 1. The molecule has 1 fully saturated rings. The van der Waals surface area contributed by atoms with Gasteiger partial charge in [0.05, 0.1) is 6.54 Å². The molecular weight excluding hydrogens is 396 g/mol. The van der Waals surface area contributed by atoms with Gasteiger partial charge >= 0.3 is 5.97 Å². The largest absolute Gasteiger partial charge is 0.477 e.